The summed E-state index contributed by atoms with van der Waals surface area (Å²) in [4.78, 5) is 9.30. The minimum atomic E-state index is 0.584. The van der Waals surface area contributed by atoms with Crippen LogP contribution in [0.5, 0.6) is 11.5 Å². The molecule has 2 N–H and O–H groups in total. The van der Waals surface area contributed by atoms with Gasteiger partial charge in [0.15, 0.2) is 17.3 Å². The molecule has 2 aromatic heterocycles. The number of piperidine rings is 1. The topological polar surface area (TPSA) is 79.1 Å². The van der Waals surface area contributed by atoms with E-state index in [-0.39, 0.29) is 0 Å². The molecule has 0 saturated carbocycles. The first-order valence-corrected chi connectivity index (χ1v) is 11.4. The van der Waals surface area contributed by atoms with Crippen LogP contribution in [0.15, 0.2) is 48.5 Å². The number of benzene rings is 2. The third-order valence-corrected chi connectivity index (χ3v) is 6.52. The molecular formula is C25H27N5O2. The lowest BCUT2D eigenvalue weighted by Crippen LogP contribution is -2.34. The van der Waals surface area contributed by atoms with Crippen LogP contribution < -0.4 is 9.47 Å². The van der Waals surface area contributed by atoms with E-state index in [0.717, 1.165) is 65.3 Å². The molecule has 7 nitrogen and oxygen atoms in total. The van der Waals surface area contributed by atoms with E-state index >= 15 is 0 Å². The molecule has 4 aromatic rings. The highest BCUT2D eigenvalue weighted by atomic mass is 16.6. The van der Waals surface area contributed by atoms with Crippen molar-refractivity contribution in [1.82, 2.24) is 25.1 Å². The highest BCUT2D eigenvalue weighted by molar-refractivity contribution is 5.87. The molecule has 6 rings (SSSR count). The van der Waals surface area contributed by atoms with Crippen molar-refractivity contribution in [3.63, 3.8) is 0 Å². The van der Waals surface area contributed by atoms with Gasteiger partial charge in [0.05, 0.1) is 12.2 Å². The molecular weight excluding hydrogens is 402 g/mol. The lowest BCUT2D eigenvalue weighted by molar-refractivity contribution is 0.172. The number of likely N-dealkylation sites (tertiary alicyclic amines) is 1. The number of H-pyrrole nitrogens is 2. The summed E-state index contributed by atoms with van der Waals surface area (Å²) in [6.45, 7) is 4.18. The maximum absolute atomic E-state index is 5.70. The number of ether oxygens (including phenoxy) is 2. The van der Waals surface area contributed by atoms with Crippen molar-refractivity contribution in [3.05, 3.63) is 59.9 Å². The summed E-state index contributed by atoms with van der Waals surface area (Å²) < 4.78 is 11.4. The Bertz CT molecular complexity index is 1160. The summed E-state index contributed by atoms with van der Waals surface area (Å²) >= 11 is 0. The van der Waals surface area contributed by atoms with Gasteiger partial charge in [0, 0.05) is 17.0 Å². The van der Waals surface area contributed by atoms with E-state index in [4.69, 9.17) is 9.47 Å². The fourth-order valence-electron chi connectivity index (χ4n) is 4.79. The van der Waals surface area contributed by atoms with Gasteiger partial charge in [-0.05, 0) is 56.0 Å². The molecule has 4 heterocycles. The van der Waals surface area contributed by atoms with Crippen molar-refractivity contribution in [2.75, 3.05) is 26.3 Å². The summed E-state index contributed by atoms with van der Waals surface area (Å²) in [5.41, 5.74) is 3.37. The summed E-state index contributed by atoms with van der Waals surface area (Å²) in [5, 5.41) is 9.87. The van der Waals surface area contributed by atoms with E-state index in [1.807, 2.05) is 12.1 Å². The van der Waals surface area contributed by atoms with E-state index < -0.39 is 0 Å². The number of hydrogen-bond donors (Lipinski definition) is 2. The van der Waals surface area contributed by atoms with Gasteiger partial charge in [-0.25, -0.2) is 0 Å². The molecule has 1 fully saturated rings. The molecule has 0 aliphatic carbocycles. The molecule has 32 heavy (non-hydrogen) atoms. The van der Waals surface area contributed by atoms with Gasteiger partial charge >= 0.3 is 0 Å². The summed E-state index contributed by atoms with van der Waals surface area (Å²) in [6.07, 6.45) is 3.64. The molecule has 0 atom stereocenters. The van der Waals surface area contributed by atoms with Crippen LogP contribution in [0, 0.1) is 5.92 Å². The van der Waals surface area contributed by atoms with Gasteiger partial charge in [-0.15, -0.1) is 10.2 Å². The third-order valence-electron chi connectivity index (χ3n) is 6.52. The van der Waals surface area contributed by atoms with Crippen LogP contribution in [0.1, 0.15) is 24.2 Å². The smallest absolute Gasteiger partial charge is 0.177 e. The van der Waals surface area contributed by atoms with E-state index in [9.17, 15) is 0 Å². The van der Waals surface area contributed by atoms with Crippen LogP contribution in [-0.4, -0.2) is 51.4 Å². The zero-order valence-electron chi connectivity index (χ0n) is 18.0. The Morgan fingerprint density at radius 3 is 2.50 bits per heavy atom. The number of nitrogens with one attached hydrogen (secondary N) is 2. The number of hydrogen-bond acceptors (Lipinski definition) is 5. The molecule has 2 aliphatic rings. The second kappa shape index (κ2) is 8.31. The SMILES string of the molecule is c1ccc(CC2CCN(Cc3nnc(-c4cc5cc6c(cc5[nH]4)OCCO6)[nH]3)CC2)cc1. The molecule has 0 spiro atoms. The standard InChI is InChI=1S/C25H27N5O2/c1-2-4-17(5-3-1)12-18-6-8-30(9-7-18)16-24-27-25(29-28-24)21-13-19-14-22-23(15-20(19)26-21)32-11-10-31-22/h1-5,13-15,18,26H,6-12,16H2,(H,27,28,29). The average molecular weight is 430 g/mol. The van der Waals surface area contributed by atoms with Crippen LogP contribution >= 0.6 is 0 Å². The average Bonchev–Trinajstić information content (AvgIpc) is 3.46. The summed E-state index contributed by atoms with van der Waals surface area (Å²) in [7, 11) is 0. The predicted octanol–water partition coefficient (Wildman–Crippen LogP) is 4.18. The predicted molar refractivity (Wildman–Crippen MR) is 123 cm³/mol. The Hall–Kier alpha value is -3.32. The second-order valence-electron chi connectivity index (χ2n) is 8.80. The quantitative estimate of drug-likeness (QED) is 0.498. The molecule has 1 saturated heterocycles. The normalized spacial score (nSPS) is 17.1. The summed E-state index contributed by atoms with van der Waals surface area (Å²) in [6, 6.07) is 16.9. The Morgan fingerprint density at radius 1 is 0.906 bits per heavy atom. The molecule has 0 radical (unpaired) electrons. The molecule has 164 valence electrons. The Labute approximate surface area is 186 Å². The fraction of sp³-hybridized carbons (Fsp3) is 0.360. The minimum Gasteiger partial charge on any atom is -0.486 e. The van der Waals surface area contributed by atoms with Crippen LogP contribution in [0.25, 0.3) is 22.4 Å². The first-order chi connectivity index (χ1) is 15.8. The van der Waals surface area contributed by atoms with E-state index in [2.05, 4.69) is 61.5 Å². The van der Waals surface area contributed by atoms with Crippen molar-refractivity contribution < 1.29 is 9.47 Å². The van der Waals surface area contributed by atoms with Gasteiger partial charge in [-0.2, -0.15) is 0 Å². The van der Waals surface area contributed by atoms with Crippen molar-refractivity contribution in [2.45, 2.75) is 25.8 Å². The fourth-order valence-corrected chi connectivity index (χ4v) is 4.79. The van der Waals surface area contributed by atoms with Crippen molar-refractivity contribution >= 4 is 10.9 Å². The third kappa shape index (κ3) is 3.96. The van der Waals surface area contributed by atoms with Crippen LogP contribution in [-0.2, 0) is 13.0 Å². The highest BCUT2D eigenvalue weighted by Crippen LogP contribution is 2.35. The maximum Gasteiger partial charge on any atom is 0.177 e. The van der Waals surface area contributed by atoms with Crippen molar-refractivity contribution in [3.8, 4) is 23.0 Å². The first-order valence-electron chi connectivity index (χ1n) is 11.4. The number of fused-ring (bicyclic) bond motifs is 2. The number of aromatic nitrogens is 4. The minimum absolute atomic E-state index is 0.584. The molecule has 7 heteroatoms. The molecule has 0 amide bonds. The van der Waals surface area contributed by atoms with Crippen molar-refractivity contribution in [1.29, 1.82) is 0 Å². The van der Waals surface area contributed by atoms with Crippen molar-refractivity contribution in [2.24, 2.45) is 5.92 Å². The first kappa shape index (κ1) is 19.4. The lowest BCUT2D eigenvalue weighted by Gasteiger charge is -2.31. The van der Waals surface area contributed by atoms with Gasteiger partial charge in [0.2, 0.25) is 0 Å². The Morgan fingerprint density at radius 2 is 1.69 bits per heavy atom. The number of aromatic amines is 2. The van der Waals surface area contributed by atoms with Gasteiger partial charge < -0.3 is 19.4 Å². The zero-order valence-corrected chi connectivity index (χ0v) is 18.0. The van der Waals surface area contributed by atoms with Gasteiger partial charge in [0.25, 0.3) is 0 Å². The molecule has 2 aromatic carbocycles. The molecule has 0 unspecified atom stereocenters. The van der Waals surface area contributed by atoms with Gasteiger partial charge in [-0.3, -0.25) is 4.90 Å². The van der Waals surface area contributed by atoms with Gasteiger partial charge in [0.1, 0.15) is 19.0 Å². The second-order valence-corrected chi connectivity index (χ2v) is 8.80. The Kier molecular flexibility index (Phi) is 5.03. The zero-order chi connectivity index (χ0) is 21.3. The Balaban J connectivity index is 1.10. The number of nitrogens with zero attached hydrogens (tertiary/aromatic N) is 3. The van der Waals surface area contributed by atoms with Crippen LogP contribution in [0.4, 0.5) is 0 Å². The van der Waals surface area contributed by atoms with Gasteiger partial charge in [-0.1, -0.05) is 30.3 Å². The monoisotopic (exact) mass is 429 g/mol. The van der Waals surface area contributed by atoms with E-state index in [1.165, 1.54) is 24.8 Å². The lowest BCUT2D eigenvalue weighted by atomic mass is 9.90. The molecule has 2 aliphatic heterocycles. The van der Waals surface area contributed by atoms with Crippen LogP contribution in [0.3, 0.4) is 0 Å². The maximum atomic E-state index is 5.70. The van der Waals surface area contributed by atoms with Crippen LogP contribution in [0.2, 0.25) is 0 Å². The largest absolute Gasteiger partial charge is 0.486 e. The summed E-state index contributed by atoms with van der Waals surface area (Å²) in [5.74, 6) is 4.01. The highest BCUT2D eigenvalue weighted by Gasteiger charge is 2.21. The van der Waals surface area contributed by atoms with E-state index in [0.29, 0.717) is 13.2 Å². The molecule has 0 bridgehead atoms. The number of rotatable bonds is 5. The van der Waals surface area contributed by atoms with E-state index in [1.54, 1.807) is 0 Å².